The van der Waals surface area contributed by atoms with Gasteiger partial charge in [0, 0.05) is 35.3 Å². The maximum atomic E-state index is 11.3. The molecule has 5 atom stereocenters. The largest absolute Gasteiger partial charge is 0.508 e. The third-order valence-corrected chi connectivity index (χ3v) is 9.55. The Bertz CT molecular complexity index is 1260. The number of likely N-dealkylation sites (tertiary alicyclic amines) is 1. The predicted molar refractivity (Wildman–Crippen MR) is 118 cm³/mol. The van der Waals surface area contributed by atoms with Gasteiger partial charge in [-0.2, -0.15) is 0 Å². The molecule has 1 saturated heterocycles. The number of nitrogens with zero attached hydrogens (tertiary/aromatic N) is 1. The van der Waals surface area contributed by atoms with E-state index in [0.717, 1.165) is 30.7 Å². The number of rotatable bonds is 2. The quantitative estimate of drug-likeness (QED) is 0.560. The summed E-state index contributed by atoms with van der Waals surface area (Å²) in [5, 5.41) is 22.5. The topological polar surface area (TPSA) is 71.4 Å². The van der Waals surface area contributed by atoms with Crippen LogP contribution < -0.4 is 9.47 Å². The van der Waals surface area contributed by atoms with E-state index in [1.807, 2.05) is 6.07 Å². The standard InChI is InChI=1S/C26H27NO5/c1-23-25-11-12-27(2)18(13-14-5-8-17(30-3)22(32-23)19(14)25)24(25)9-10-26(23,31-4)21-16(29)7-6-15(28)20(21)24/h5-10,18,28-29H,11-13H2,1-4H3/t18-,23+,24-,25-,26+/m1/s1. The van der Waals surface area contributed by atoms with E-state index in [4.69, 9.17) is 14.2 Å². The molecule has 4 aliphatic carbocycles. The summed E-state index contributed by atoms with van der Waals surface area (Å²) in [4.78, 5) is 2.40. The molecule has 4 bridgehead atoms. The molecule has 2 aliphatic heterocycles. The van der Waals surface area contributed by atoms with Gasteiger partial charge in [0.15, 0.2) is 22.7 Å². The first-order valence-corrected chi connectivity index (χ1v) is 11.2. The number of phenols is 2. The molecule has 2 aromatic carbocycles. The van der Waals surface area contributed by atoms with Crippen molar-refractivity contribution in [2.24, 2.45) is 0 Å². The molecule has 166 valence electrons. The SMILES string of the molecule is COc1ccc2c3c1O[C@@]1(C)[C@@]34CCN(C)[C@H](C2)[C@@]42C=C[C@]1(OC)c1c(O)ccc(O)c12. The van der Waals surface area contributed by atoms with Crippen molar-refractivity contribution >= 4 is 0 Å². The summed E-state index contributed by atoms with van der Waals surface area (Å²) in [5.74, 6) is 1.81. The van der Waals surface area contributed by atoms with E-state index in [1.165, 1.54) is 11.1 Å². The zero-order valence-corrected chi connectivity index (χ0v) is 18.7. The van der Waals surface area contributed by atoms with E-state index in [1.54, 1.807) is 26.4 Å². The van der Waals surface area contributed by atoms with Gasteiger partial charge in [-0.1, -0.05) is 12.1 Å². The molecule has 2 heterocycles. The summed E-state index contributed by atoms with van der Waals surface area (Å²) >= 11 is 0. The number of aromatic hydroxyl groups is 2. The van der Waals surface area contributed by atoms with Crippen molar-refractivity contribution < 1.29 is 24.4 Å². The number of methoxy groups -OCH3 is 2. The first-order valence-electron chi connectivity index (χ1n) is 11.2. The number of hydrogen-bond donors (Lipinski definition) is 2. The molecule has 0 unspecified atom stereocenters. The molecule has 0 amide bonds. The van der Waals surface area contributed by atoms with Crippen LogP contribution in [-0.4, -0.2) is 54.6 Å². The summed E-state index contributed by atoms with van der Waals surface area (Å²) in [7, 11) is 5.50. The van der Waals surface area contributed by atoms with Gasteiger partial charge in [-0.15, -0.1) is 0 Å². The van der Waals surface area contributed by atoms with Gasteiger partial charge in [-0.05, 0) is 63.2 Å². The van der Waals surface area contributed by atoms with E-state index in [9.17, 15) is 10.2 Å². The molecule has 0 aromatic heterocycles. The Hall–Kier alpha value is -2.70. The molecule has 6 nitrogen and oxygen atoms in total. The second-order valence-corrected chi connectivity index (χ2v) is 10.1. The van der Waals surface area contributed by atoms with Crippen molar-refractivity contribution in [3.63, 3.8) is 0 Å². The van der Waals surface area contributed by atoms with Crippen molar-refractivity contribution in [2.45, 2.75) is 47.8 Å². The zero-order valence-electron chi connectivity index (χ0n) is 18.7. The molecular formula is C26H27NO5. The minimum Gasteiger partial charge on any atom is -0.508 e. The maximum absolute atomic E-state index is 11.3. The molecule has 32 heavy (non-hydrogen) atoms. The van der Waals surface area contributed by atoms with E-state index < -0.39 is 22.0 Å². The summed E-state index contributed by atoms with van der Waals surface area (Å²) in [6, 6.07) is 7.44. The van der Waals surface area contributed by atoms with Crippen molar-refractivity contribution in [3.05, 3.63) is 58.7 Å². The highest BCUT2D eigenvalue weighted by molar-refractivity contribution is 5.76. The molecule has 2 aromatic rings. The lowest BCUT2D eigenvalue weighted by atomic mass is 9.34. The number of hydrogen-bond acceptors (Lipinski definition) is 6. The van der Waals surface area contributed by atoms with E-state index >= 15 is 0 Å². The molecule has 1 fully saturated rings. The van der Waals surface area contributed by atoms with Gasteiger partial charge < -0.3 is 29.3 Å². The van der Waals surface area contributed by atoms with Crippen molar-refractivity contribution in [2.75, 3.05) is 27.8 Å². The van der Waals surface area contributed by atoms with E-state index in [0.29, 0.717) is 11.3 Å². The first-order chi connectivity index (χ1) is 15.3. The minimum atomic E-state index is -1.06. The normalized spacial score (nSPS) is 39.4. The van der Waals surface area contributed by atoms with Gasteiger partial charge in [0.05, 0.1) is 12.5 Å². The Morgan fingerprint density at radius 1 is 1.03 bits per heavy atom. The van der Waals surface area contributed by atoms with Crippen LogP contribution in [0.5, 0.6) is 23.0 Å². The molecule has 0 saturated carbocycles. The van der Waals surface area contributed by atoms with Crippen LogP contribution >= 0.6 is 0 Å². The Morgan fingerprint density at radius 2 is 1.78 bits per heavy atom. The molecule has 8 rings (SSSR count). The van der Waals surface area contributed by atoms with Gasteiger partial charge in [0.2, 0.25) is 0 Å². The Kier molecular flexibility index (Phi) is 3.10. The number of phenolic OH excluding ortho intramolecular Hbond substituents is 2. The predicted octanol–water partition coefficient (Wildman–Crippen LogP) is 3.12. The molecule has 2 spiro atoms. The van der Waals surface area contributed by atoms with Crippen LogP contribution in [0.1, 0.15) is 35.6 Å². The van der Waals surface area contributed by atoms with Crippen molar-refractivity contribution in [1.82, 2.24) is 4.90 Å². The average molecular weight is 434 g/mol. The lowest BCUT2D eigenvalue weighted by Gasteiger charge is -2.72. The minimum absolute atomic E-state index is 0.101. The van der Waals surface area contributed by atoms with Gasteiger partial charge in [0.1, 0.15) is 11.5 Å². The Morgan fingerprint density at radius 3 is 2.50 bits per heavy atom. The summed E-state index contributed by atoms with van der Waals surface area (Å²) in [5.41, 5.74) is 0.898. The second kappa shape index (κ2) is 5.26. The van der Waals surface area contributed by atoms with E-state index in [-0.39, 0.29) is 17.5 Å². The lowest BCUT2D eigenvalue weighted by molar-refractivity contribution is -0.202. The number of likely N-dealkylation sites (N-methyl/N-ethyl adjacent to an activating group) is 1. The summed E-state index contributed by atoms with van der Waals surface area (Å²) in [6.45, 7) is 3.03. The fourth-order valence-corrected chi connectivity index (χ4v) is 8.44. The number of benzene rings is 2. The van der Waals surface area contributed by atoms with Gasteiger partial charge in [0.25, 0.3) is 0 Å². The number of piperidine rings is 1. The lowest BCUT2D eigenvalue weighted by Crippen LogP contribution is -2.82. The zero-order chi connectivity index (χ0) is 22.3. The van der Waals surface area contributed by atoms with Crippen LogP contribution in [0.3, 0.4) is 0 Å². The summed E-state index contributed by atoms with van der Waals surface area (Å²) < 4.78 is 19.1. The Labute approximate surface area is 187 Å². The monoisotopic (exact) mass is 433 g/mol. The highest BCUT2D eigenvalue weighted by Crippen LogP contribution is 2.79. The van der Waals surface area contributed by atoms with Crippen LogP contribution in [0.25, 0.3) is 0 Å². The highest BCUT2D eigenvalue weighted by Gasteiger charge is 2.84. The highest BCUT2D eigenvalue weighted by atomic mass is 16.6. The van der Waals surface area contributed by atoms with Crippen LogP contribution in [0.15, 0.2) is 36.4 Å². The van der Waals surface area contributed by atoms with E-state index in [2.05, 4.69) is 37.1 Å². The van der Waals surface area contributed by atoms with Gasteiger partial charge in [-0.3, -0.25) is 0 Å². The molecule has 6 heteroatoms. The first kappa shape index (κ1) is 18.8. The molecule has 6 aliphatic rings. The van der Waals surface area contributed by atoms with Crippen LogP contribution in [0.4, 0.5) is 0 Å². The third kappa shape index (κ3) is 1.47. The van der Waals surface area contributed by atoms with Crippen molar-refractivity contribution in [3.8, 4) is 23.0 Å². The Balaban J connectivity index is 1.74. The van der Waals surface area contributed by atoms with Gasteiger partial charge in [-0.25, -0.2) is 0 Å². The average Bonchev–Trinajstić information content (AvgIpc) is 3.08. The van der Waals surface area contributed by atoms with Crippen LogP contribution in [0, 0.1) is 0 Å². The van der Waals surface area contributed by atoms with Crippen LogP contribution in [-0.2, 0) is 27.6 Å². The fraction of sp³-hybridized carbons (Fsp3) is 0.462. The maximum Gasteiger partial charge on any atom is 0.166 e. The molecule has 0 radical (unpaired) electrons. The second-order valence-electron chi connectivity index (χ2n) is 10.1. The number of ether oxygens (including phenoxy) is 3. The van der Waals surface area contributed by atoms with Gasteiger partial charge >= 0.3 is 0 Å². The van der Waals surface area contributed by atoms with Crippen LogP contribution in [0.2, 0.25) is 0 Å². The molecule has 2 N–H and O–H groups in total. The van der Waals surface area contributed by atoms with Crippen molar-refractivity contribution in [1.29, 1.82) is 0 Å². The molecular weight excluding hydrogens is 406 g/mol. The third-order valence-electron chi connectivity index (χ3n) is 9.55. The summed E-state index contributed by atoms with van der Waals surface area (Å²) in [6.07, 6.45) is 5.99. The smallest absolute Gasteiger partial charge is 0.166 e. The fourth-order valence-electron chi connectivity index (χ4n) is 8.44.